The Labute approximate surface area is 104 Å². The number of benzene rings is 1. The molecule has 94 valence electrons. The van der Waals surface area contributed by atoms with Crippen molar-refractivity contribution in [3.63, 3.8) is 0 Å². The fraction of sp³-hybridized carbons (Fsp3) is 0.231. The van der Waals surface area contributed by atoms with E-state index in [9.17, 15) is 9.18 Å². The summed E-state index contributed by atoms with van der Waals surface area (Å²) in [7, 11) is 1.74. The maximum Gasteiger partial charge on any atom is 0.184 e. The molecule has 0 spiro atoms. The number of aryl methyl sites for hydroxylation is 2. The van der Waals surface area contributed by atoms with Crippen LogP contribution >= 0.6 is 0 Å². The van der Waals surface area contributed by atoms with Crippen molar-refractivity contribution >= 4 is 5.78 Å². The number of hydrogen-bond donors (Lipinski definition) is 1. The Hall–Kier alpha value is -2.01. The van der Waals surface area contributed by atoms with E-state index in [1.165, 1.54) is 12.3 Å². The van der Waals surface area contributed by atoms with Gasteiger partial charge >= 0.3 is 0 Å². The first-order chi connectivity index (χ1) is 8.49. The molecule has 0 aliphatic carbocycles. The fourth-order valence-electron chi connectivity index (χ4n) is 1.68. The highest BCUT2D eigenvalue weighted by Gasteiger charge is 2.19. The Morgan fingerprint density at radius 2 is 2.22 bits per heavy atom. The normalized spacial score (nSPS) is 12.4. The zero-order chi connectivity index (χ0) is 13.3. The molecule has 0 radical (unpaired) electrons. The maximum absolute atomic E-state index is 13.4. The summed E-state index contributed by atoms with van der Waals surface area (Å²) in [4.78, 5) is 12.1. The summed E-state index contributed by atoms with van der Waals surface area (Å²) in [6.45, 7) is 1.64. The van der Waals surface area contributed by atoms with Crippen molar-refractivity contribution in [1.82, 2.24) is 9.78 Å². The minimum atomic E-state index is -0.819. The van der Waals surface area contributed by atoms with Gasteiger partial charge in [-0.05, 0) is 18.6 Å². The molecule has 0 aliphatic heterocycles. The number of Topliss-reactive ketones (excluding diaryl/α,β-unsaturated/α-hetero) is 1. The Balaban J connectivity index is 2.28. The number of ketones is 1. The van der Waals surface area contributed by atoms with E-state index < -0.39 is 11.9 Å². The quantitative estimate of drug-likeness (QED) is 0.840. The van der Waals surface area contributed by atoms with Gasteiger partial charge in [-0.1, -0.05) is 12.1 Å². The first kappa shape index (κ1) is 12.4. The number of aromatic nitrogens is 2. The van der Waals surface area contributed by atoms with Crippen LogP contribution in [0.5, 0.6) is 0 Å². The summed E-state index contributed by atoms with van der Waals surface area (Å²) in [6.07, 6.45) is 3.21. The molecule has 18 heavy (non-hydrogen) atoms. The lowest BCUT2D eigenvalue weighted by molar-refractivity contribution is 0.0961. The Morgan fingerprint density at radius 1 is 1.50 bits per heavy atom. The van der Waals surface area contributed by atoms with E-state index in [-0.39, 0.29) is 11.3 Å². The third-order valence-corrected chi connectivity index (χ3v) is 2.82. The van der Waals surface area contributed by atoms with Gasteiger partial charge in [0.1, 0.15) is 5.82 Å². The molecule has 0 aliphatic rings. The minimum absolute atomic E-state index is 0.273. The topological polar surface area (TPSA) is 60.9 Å². The van der Waals surface area contributed by atoms with Crippen molar-refractivity contribution in [2.45, 2.75) is 13.0 Å². The number of nitrogens with two attached hydrogens (primary N) is 1. The van der Waals surface area contributed by atoms with Gasteiger partial charge in [-0.15, -0.1) is 0 Å². The highest BCUT2D eigenvalue weighted by molar-refractivity contribution is 6.00. The third kappa shape index (κ3) is 2.31. The van der Waals surface area contributed by atoms with Crippen LogP contribution in [0.25, 0.3) is 0 Å². The Morgan fingerprint density at radius 3 is 2.78 bits per heavy atom. The molecule has 5 heteroatoms. The second-order valence-corrected chi connectivity index (χ2v) is 4.25. The average molecular weight is 247 g/mol. The van der Waals surface area contributed by atoms with Crippen LogP contribution in [0.3, 0.4) is 0 Å². The summed E-state index contributed by atoms with van der Waals surface area (Å²) in [5, 5.41) is 3.96. The van der Waals surface area contributed by atoms with Crippen molar-refractivity contribution in [1.29, 1.82) is 0 Å². The van der Waals surface area contributed by atoms with Gasteiger partial charge < -0.3 is 5.73 Å². The van der Waals surface area contributed by atoms with Gasteiger partial charge in [0.15, 0.2) is 5.78 Å². The summed E-state index contributed by atoms with van der Waals surface area (Å²) < 4.78 is 15.0. The number of rotatable bonds is 3. The molecule has 2 aromatic rings. The maximum atomic E-state index is 13.4. The number of hydrogen-bond acceptors (Lipinski definition) is 3. The van der Waals surface area contributed by atoms with Gasteiger partial charge in [-0.2, -0.15) is 5.10 Å². The average Bonchev–Trinajstić information content (AvgIpc) is 2.77. The zero-order valence-corrected chi connectivity index (χ0v) is 10.2. The van der Waals surface area contributed by atoms with Gasteiger partial charge in [0.05, 0.1) is 12.2 Å². The first-order valence-electron chi connectivity index (χ1n) is 5.53. The van der Waals surface area contributed by atoms with E-state index in [0.29, 0.717) is 11.1 Å². The van der Waals surface area contributed by atoms with Crippen molar-refractivity contribution in [3.05, 3.63) is 53.1 Å². The molecule has 1 heterocycles. The Bertz CT molecular complexity index is 592. The molecule has 0 saturated carbocycles. The molecule has 0 fully saturated rings. The molecule has 0 bridgehead atoms. The lowest BCUT2D eigenvalue weighted by atomic mass is 9.99. The van der Waals surface area contributed by atoms with Gasteiger partial charge in [0, 0.05) is 24.4 Å². The Kier molecular flexibility index (Phi) is 3.25. The zero-order valence-electron chi connectivity index (χ0n) is 10.2. The monoisotopic (exact) mass is 247 g/mol. The molecule has 1 aromatic carbocycles. The predicted octanol–water partition coefficient (Wildman–Crippen LogP) is 1.75. The van der Waals surface area contributed by atoms with Gasteiger partial charge in [-0.3, -0.25) is 9.48 Å². The van der Waals surface area contributed by atoms with Crippen LogP contribution < -0.4 is 5.73 Å². The number of halogens is 1. The lowest BCUT2D eigenvalue weighted by Gasteiger charge is -2.09. The van der Waals surface area contributed by atoms with Crippen LogP contribution in [-0.2, 0) is 7.05 Å². The molecule has 1 atom stereocenters. The highest BCUT2D eigenvalue weighted by Crippen LogP contribution is 2.17. The number of nitrogens with zero attached hydrogens (tertiary/aromatic N) is 2. The van der Waals surface area contributed by atoms with E-state index in [4.69, 9.17) is 5.73 Å². The van der Waals surface area contributed by atoms with E-state index in [0.717, 1.165) is 0 Å². The van der Waals surface area contributed by atoms with E-state index in [1.54, 1.807) is 37.0 Å². The molecule has 0 amide bonds. The first-order valence-corrected chi connectivity index (χ1v) is 5.53. The molecule has 0 saturated heterocycles. The van der Waals surface area contributed by atoms with Gasteiger partial charge in [0.2, 0.25) is 0 Å². The standard InChI is InChI=1S/C13H14FN3O/c1-8-3-4-9(5-11(8)14)13(18)12(15)10-6-16-17(2)7-10/h3-7,12H,15H2,1-2H3. The lowest BCUT2D eigenvalue weighted by Crippen LogP contribution is -2.21. The number of carbonyl (C=O) groups excluding carboxylic acids is 1. The summed E-state index contributed by atoms with van der Waals surface area (Å²) in [5.74, 6) is -0.721. The molecular formula is C13H14FN3O. The van der Waals surface area contributed by atoms with Gasteiger partial charge in [-0.25, -0.2) is 4.39 Å². The van der Waals surface area contributed by atoms with Gasteiger partial charge in [0.25, 0.3) is 0 Å². The van der Waals surface area contributed by atoms with Crippen LogP contribution in [0.15, 0.2) is 30.6 Å². The summed E-state index contributed by atoms with van der Waals surface area (Å²) in [6, 6.07) is 3.55. The van der Waals surface area contributed by atoms with E-state index in [2.05, 4.69) is 5.10 Å². The fourth-order valence-corrected chi connectivity index (χ4v) is 1.68. The molecule has 1 aromatic heterocycles. The van der Waals surface area contributed by atoms with Crippen molar-refractivity contribution < 1.29 is 9.18 Å². The van der Waals surface area contributed by atoms with Crippen molar-refractivity contribution in [2.24, 2.45) is 12.8 Å². The minimum Gasteiger partial charge on any atom is -0.317 e. The van der Waals surface area contributed by atoms with Crippen LogP contribution in [0, 0.1) is 12.7 Å². The smallest absolute Gasteiger partial charge is 0.184 e. The second-order valence-electron chi connectivity index (χ2n) is 4.25. The second kappa shape index (κ2) is 4.70. The third-order valence-electron chi connectivity index (χ3n) is 2.82. The highest BCUT2D eigenvalue weighted by atomic mass is 19.1. The van der Waals surface area contributed by atoms with Crippen LogP contribution in [0.4, 0.5) is 4.39 Å². The largest absolute Gasteiger partial charge is 0.317 e. The van der Waals surface area contributed by atoms with Crippen LogP contribution in [0.2, 0.25) is 0 Å². The van der Waals surface area contributed by atoms with Crippen LogP contribution in [-0.4, -0.2) is 15.6 Å². The summed E-state index contributed by atoms with van der Waals surface area (Å²) >= 11 is 0. The SMILES string of the molecule is Cc1ccc(C(=O)C(N)c2cnn(C)c2)cc1F. The number of carbonyl (C=O) groups is 1. The molecule has 1 unspecified atom stereocenters. The predicted molar refractivity (Wildman–Crippen MR) is 65.6 cm³/mol. The van der Waals surface area contributed by atoms with Crippen molar-refractivity contribution in [3.8, 4) is 0 Å². The van der Waals surface area contributed by atoms with E-state index in [1.807, 2.05) is 0 Å². The molecule has 2 rings (SSSR count). The molecular weight excluding hydrogens is 233 g/mol. The van der Waals surface area contributed by atoms with Crippen molar-refractivity contribution in [2.75, 3.05) is 0 Å². The van der Waals surface area contributed by atoms with E-state index >= 15 is 0 Å². The summed E-state index contributed by atoms with van der Waals surface area (Å²) in [5.41, 5.74) is 7.24. The molecule has 2 N–H and O–H groups in total. The van der Waals surface area contributed by atoms with Crippen LogP contribution in [0.1, 0.15) is 27.5 Å². The molecule has 4 nitrogen and oxygen atoms in total.